The molecule has 2 aromatic rings. The van der Waals surface area contributed by atoms with Crippen LogP contribution in [0.3, 0.4) is 0 Å². The summed E-state index contributed by atoms with van der Waals surface area (Å²) in [7, 11) is 0. The number of rotatable bonds is 3. The quantitative estimate of drug-likeness (QED) is 0.918. The first-order valence-electron chi connectivity index (χ1n) is 6.65. The Morgan fingerprint density at radius 1 is 1.37 bits per heavy atom. The second-order valence-electron chi connectivity index (χ2n) is 4.86. The minimum absolute atomic E-state index is 0.368. The number of benzene rings is 1. The summed E-state index contributed by atoms with van der Waals surface area (Å²) in [5.74, 6) is 2.36. The lowest BCUT2D eigenvalue weighted by molar-refractivity contribution is 0.261. The minimum Gasteiger partial charge on any atom is -0.482 e. The number of ether oxygens (including phenoxy) is 1. The zero-order chi connectivity index (χ0) is 13.2. The van der Waals surface area contributed by atoms with Gasteiger partial charge in [-0.2, -0.15) is 0 Å². The zero-order valence-corrected chi connectivity index (χ0v) is 11.3. The van der Waals surface area contributed by atoms with Crippen molar-refractivity contribution in [3.63, 3.8) is 0 Å². The van der Waals surface area contributed by atoms with Gasteiger partial charge < -0.3 is 14.5 Å². The van der Waals surface area contributed by atoms with E-state index in [-0.39, 0.29) is 0 Å². The van der Waals surface area contributed by atoms with Crippen molar-refractivity contribution in [2.75, 3.05) is 11.9 Å². The van der Waals surface area contributed by atoms with Crippen LogP contribution in [0.15, 0.2) is 22.6 Å². The maximum atomic E-state index is 5.84. The third-order valence-electron chi connectivity index (χ3n) is 3.46. The van der Waals surface area contributed by atoms with Crippen LogP contribution in [0.4, 0.5) is 5.69 Å². The molecule has 0 unspecified atom stereocenters. The van der Waals surface area contributed by atoms with E-state index in [0.717, 1.165) is 35.9 Å². The summed E-state index contributed by atoms with van der Waals surface area (Å²) in [4.78, 5) is 4.33. The van der Waals surface area contributed by atoms with Crippen LogP contribution < -0.4 is 10.1 Å². The molecule has 1 N–H and O–H groups in total. The van der Waals surface area contributed by atoms with Crippen molar-refractivity contribution in [3.05, 3.63) is 41.1 Å². The number of hydrogen-bond donors (Lipinski definition) is 1. The highest BCUT2D eigenvalue weighted by Gasteiger charge is 2.14. The fraction of sp³-hybridized carbons (Fsp3) is 0.400. The molecule has 0 radical (unpaired) electrons. The highest BCUT2D eigenvalue weighted by atomic mass is 16.5. The van der Waals surface area contributed by atoms with Gasteiger partial charge in [-0.05, 0) is 38.3 Å². The van der Waals surface area contributed by atoms with Crippen LogP contribution in [0, 0.1) is 13.8 Å². The number of aromatic nitrogens is 1. The van der Waals surface area contributed by atoms with Crippen molar-refractivity contribution >= 4 is 5.69 Å². The van der Waals surface area contributed by atoms with E-state index < -0.39 is 0 Å². The SMILES string of the molecule is Cc1nc(COc2cccc3c2NCCC3)oc1C. The molecule has 0 bridgehead atoms. The number of aryl methyl sites for hydroxylation is 3. The van der Waals surface area contributed by atoms with Crippen LogP contribution in [0.2, 0.25) is 0 Å². The summed E-state index contributed by atoms with van der Waals surface area (Å²) in [6.07, 6.45) is 2.28. The van der Waals surface area contributed by atoms with E-state index in [2.05, 4.69) is 16.4 Å². The summed E-state index contributed by atoms with van der Waals surface area (Å²) >= 11 is 0. The summed E-state index contributed by atoms with van der Waals surface area (Å²) in [6.45, 7) is 5.23. The molecule has 4 heteroatoms. The summed E-state index contributed by atoms with van der Waals surface area (Å²) in [5, 5.41) is 3.41. The Morgan fingerprint density at radius 2 is 2.26 bits per heavy atom. The van der Waals surface area contributed by atoms with Gasteiger partial charge in [-0.3, -0.25) is 0 Å². The molecule has 0 saturated heterocycles. The molecule has 2 heterocycles. The second-order valence-corrected chi connectivity index (χ2v) is 4.86. The van der Waals surface area contributed by atoms with Gasteiger partial charge in [0.1, 0.15) is 11.5 Å². The van der Waals surface area contributed by atoms with E-state index in [9.17, 15) is 0 Å². The van der Waals surface area contributed by atoms with Crippen LogP contribution in [0.25, 0.3) is 0 Å². The lowest BCUT2D eigenvalue weighted by Gasteiger charge is -2.20. The Morgan fingerprint density at radius 3 is 3.05 bits per heavy atom. The van der Waals surface area contributed by atoms with Gasteiger partial charge in [0.05, 0.1) is 11.4 Å². The van der Waals surface area contributed by atoms with Crippen LogP contribution in [-0.2, 0) is 13.0 Å². The molecule has 3 rings (SSSR count). The number of hydrogen-bond acceptors (Lipinski definition) is 4. The van der Waals surface area contributed by atoms with Crippen molar-refractivity contribution in [2.24, 2.45) is 0 Å². The molecule has 0 atom stereocenters. The highest BCUT2D eigenvalue weighted by Crippen LogP contribution is 2.32. The van der Waals surface area contributed by atoms with Gasteiger partial charge in [-0.1, -0.05) is 12.1 Å². The van der Waals surface area contributed by atoms with E-state index >= 15 is 0 Å². The van der Waals surface area contributed by atoms with Crippen molar-refractivity contribution in [2.45, 2.75) is 33.3 Å². The summed E-state index contributed by atoms with van der Waals surface area (Å²) in [5.41, 5.74) is 3.36. The Balaban J connectivity index is 1.76. The molecule has 1 aromatic carbocycles. The standard InChI is InChI=1S/C15H18N2O2/c1-10-11(2)19-14(17-10)9-18-13-7-3-5-12-6-4-8-16-15(12)13/h3,5,7,16H,4,6,8-9H2,1-2H3. The fourth-order valence-corrected chi connectivity index (χ4v) is 2.34. The number of nitrogens with zero attached hydrogens (tertiary/aromatic N) is 1. The number of para-hydroxylation sites is 1. The smallest absolute Gasteiger partial charge is 0.232 e. The first-order chi connectivity index (χ1) is 9.24. The molecule has 0 fully saturated rings. The van der Waals surface area contributed by atoms with Crippen LogP contribution >= 0.6 is 0 Å². The van der Waals surface area contributed by atoms with Gasteiger partial charge >= 0.3 is 0 Å². The topological polar surface area (TPSA) is 47.3 Å². The molecular weight excluding hydrogens is 240 g/mol. The number of oxazole rings is 1. The van der Waals surface area contributed by atoms with Crippen molar-refractivity contribution in [3.8, 4) is 5.75 Å². The number of anilines is 1. The van der Waals surface area contributed by atoms with Gasteiger partial charge in [-0.15, -0.1) is 0 Å². The Bertz CT molecular complexity index is 570. The number of nitrogens with one attached hydrogen (secondary N) is 1. The van der Waals surface area contributed by atoms with Crippen molar-refractivity contribution < 1.29 is 9.15 Å². The van der Waals surface area contributed by atoms with E-state index in [4.69, 9.17) is 9.15 Å². The molecule has 4 nitrogen and oxygen atoms in total. The maximum absolute atomic E-state index is 5.84. The first kappa shape index (κ1) is 12.1. The first-order valence-corrected chi connectivity index (χ1v) is 6.65. The zero-order valence-electron chi connectivity index (χ0n) is 11.3. The average molecular weight is 258 g/mol. The molecule has 0 amide bonds. The summed E-state index contributed by atoms with van der Waals surface area (Å²) in [6, 6.07) is 6.17. The third-order valence-corrected chi connectivity index (χ3v) is 3.46. The minimum atomic E-state index is 0.368. The molecule has 100 valence electrons. The van der Waals surface area contributed by atoms with Crippen LogP contribution in [0.1, 0.15) is 29.3 Å². The van der Waals surface area contributed by atoms with E-state index in [1.807, 2.05) is 26.0 Å². The maximum Gasteiger partial charge on any atom is 0.232 e. The van der Waals surface area contributed by atoms with Gasteiger partial charge in [0.15, 0.2) is 6.61 Å². The lowest BCUT2D eigenvalue weighted by atomic mass is 10.0. The predicted octanol–water partition coefficient (Wildman–Crippen LogP) is 3.23. The Hall–Kier alpha value is -1.97. The van der Waals surface area contributed by atoms with Crippen molar-refractivity contribution in [1.29, 1.82) is 0 Å². The van der Waals surface area contributed by atoms with E-state index in [0.29, 0.717) is 12.5 Å². The normalized spacial score (nSPS) is 13.8. The van der Waals surface area contributed by atoms with Gasteiger partial charge in [-0.25, -0.2) is 4.98 Å². The monoisotopic (exact) mass is 258 g/mol. The second kappa shape index (κ2) is 4.96. The molecule has 0 aliphatic carbocycles. The largest absolute Gasteiger partial charge is 0.482 e. The van der Waals surface area contributed by atoms with Gasteiger partial charge in [0.25, 0.3) is 0 Å². The lowest BCUT2D eigenvalue weighted by Crippen LogP contribution is -2.13. The molecular formula is C15H18N2O2. The Labute approximate surface area is 112 Å². The van der Waals surface area contributed by atoms with Gasteiger partial charge in [0.2, 0.25) is 5.89 Å². The molecule has 1 aromatic heterocycles. The van der Waals surface area contributed by atoms with E-state index in [1.165, 1.54) is 12.0 Å². The fourth-order valence-electron chi connectivity index (χ4n) is 2.34. The van der Waals surface area contributed by atoms with Crippen LogP contribution in [0.5, 0.6) is 5.75 Å². The van der Waals surface area contributed by atoms with E-state index in [1.54, 1.807) is 0 Å². The third kappa shape index (κ3) is 2.43. The van der Waals surface area contributed by atoms with Crippen LogP contribution in [-0.4, -0.2) is 11.5 Å². The molecule has 1 aliphatic rings. The number of fused-ring (bicyclic) bond motifs is 1. The molecule has 19 heavy (non-hydrogen) atoms. The van der Waals surface area contributed by atoms with Gasteiger partial charge in [0, 0.05) is 6.54 Å². The average Bonchev–Trinajstić information content (AvgIpc) is 2.75. The summed E-state index contributed by atoms with van der Waals surface area (Å²) < 4.78 is 11.4. The highest BCUT2D eigenvalue weighted by molar-refractivity contribution is 5.63. The van der Waals surface area contributed by atoms with Crippen molar-refractivity contribution in [1.82, 2.24) is 4.98 Å². The molecule has 0 spiro atoms. The predicted molar refractivity (Wildman–Crippen MR) is 73.6 cm³/mol. The molecule has 1 aliphatic heterocycles. The molecule has 0 saturated carbocycles. The Kier molecular flexibility index (Phi) is 3.15.